The van der Waals surface area contributed by atoms with Crippen molar-refractivity contribution in [3.63, 3.8) is 0 Å². The molecule has 24 heteroatoms. The molecular weight excluding hydrogens is 1110 g/mol. The highest BCUT2D eigenvalue weighted by molar-refractivity contribution is 6.00. The van der Waals surface area contributed by atoms with Gasteiger partial charge in [0.2, 0.25) is 65.0 Å². The molecule has 1 unspecified atom stereocenters. The lowest BCUT2D eigenvalue weighted by atomic mass is 9.93. The maximum atomic E-state index is 16.2. The molecule has 0 aromatic rings. The smallest absolute Gasteiger partial charge is 0.248 e. The Morgan fingerprint density at radius 2 is 0.826 bits per heavy atom. The molecule has 14 atom stereocenters. The molecule has 2 fully saturated rings. The van der Waals surface area contributed by atoms with Crippen LogP contribution in [0, 0.1) is 41.4 Å². The van der Waals surface area contributed by atoms with Crippen molar-refractivity contribution in [1.29, 1.82) is 0 Å². The van der Waals surface area contributed by atoms with E-state index in [0.29, 0.717) is 6.42 Å². The average molecular weight is 1220 g/mol. The van der Waals surface area contributed by atoms with E-state index in [-0.39, 0.29) is 68.3 Å². The Morgan fingerprint density at radius 3 is 1.24 bits per heavy atom. The molecular formula is C62H110FN11O12. The Morgan fingerprint density at radius 1 is 0.430 bits per heavy atom. The van der Waals surface area contributed by atoms with Crippen molar-refractivity contribution in [3.8, 4) is 0 Å². The highest BCUT2D eigenvalue weighted by Gasteiger charge is 2.48. The minimum absolute atomic E-state index is 0.0424. The van der Waals surface area contributed by atoms with Crippen LogP contribution < -0.4 is 21.3 Å². The minimum atomic E-state index is -2.01. The summed E-state index contributed by atoms with van der Waals surface area (Å²) in [6, 6.07) is -14.2. The molecule has 0 aromatic heterocycles. The van der Waals surface area contributed by atoms with Gasteiger partial charge in [-0.1, -0.05) is 96.9 Å². The van der Waals surface area contributed by atoms with Crippen molar-refractivity contribution < 1.29 is 61.9 Å². The van der Waals surface area contributed by atoms with Crippen LogP contribution in [-0.4, -0.2) is 234 Å². The quantitative estimate of drug-likeness (QED) is 0.207. The molecule has 492 valence electrons. The van der Waals surface area contributed by atoms with E-state index in [9.17, 15) is 43.2 Å². The maximum absolute atomic E-state index is 16.2. The molecule has 0 radical (unpaired) electrons. The van der Waals surface area contributed by atoms with E-state index in [1.54, 1.807) is 34.6 Å². The zero-order chi connectivity index (χ0) is 66.4. The first-order valence-electron chi connectivity index (χ1n) is 31.0. The Bertz CT molecular complexity index is 2370. The topological polar surface area (TPSA) is 268 Å². The molecule has 2 saturated heterocycles. The fourth-order valence-electron chi connectivity index (χ4n) is 11.6. The van der Waals surface area contributed by atoms with E-state index < -0.39 is 156 Å². The number of rotatable bonds is 13. The van der Waals surface area contributed by atoms with Crippen LogP contribution in [0.15, 0.2) is 0 Å². The van der Waals surface area contributed by atoms with Crippen LogP contribution in [0.2, 0.25) is 0 Å². The number of carbonyl (C=O) groups is 11. The first-order chi connectivity index (χ1) is 39.7. The van der Waals surface area contributed by atoms with Gasteiger partial charge in [0, 0.05) is 55.9 Å². The third-order valence-corrected chi connectivity index (χ3v) is 16.8. The van der Waals surface area contributed by atoms with Crippen LogP contribution >= 0.6 is 0 Å². The lowest BCUT2D eigenvalue weighted by Gasteiger charge is -2.41. The molecule has 2 rings (SSSR count). The van der Waals surface area contributed by atoms with Crippen molar-refractivity contribution in [2.45, 2.75) is 235 Å². The van der Waals surface area contributed by atoms with Crippen LogP contribution in [0.5, 0.6) is 0 Å². The number of carbonyl (C=O) groups excluding carboxylic acids is 11. The molecule has 0 bridgehead atoms. The number of ether oxygens (including phenoxy) is 1. The summed E-state index contributed by atoms with van der Waals surface area (Å²) in [5.41, 5.74) is 0. The van der Waals surface area contributed by atoms with Gasteiger partial charge >= 0.3 is 0 Å². The summed E-state index contributed by atoms with van der Waals surface area (Å²) in [6.07, 6.45) is -1.91. The monoisotopic (exact) mass is 1220 g/mol. The normalized spacial score (nSPS) is 29.8. The third kappa shape index (κ3) is 19.5. The summed E-state index contributed by atoms with van der Waals surface area (Å²) in [6.45, 7) is 29.4. The molecule has 11 amide bonds. The van der Waals surface area contributed by atoms with Gasteiger partial charge in [-0.3, -0.25) is 52.7 Å². The van der Waals surface area contributed by atoms with Crippen LogP contribution in [0.25, 0.3) is 0 Å². The lowest BCUT2D eigenvalue weighted by Crippen LogP contribution is -2.64. The highest BCUT2D eigenvalue weighted by atomic mass is 19.1. The molecule has 0 aliphatic carbocycles. The number of nitrogens with zero attached hydrogens (tertiary/aromatic N) is 7. The summed E-state index contributed by atoms with van der Waals surface area (Å²) >= 11 is 0. The Labute approximate surface area is 513 Å². The van der Waals surface area contributed by atoms with Gasteiger partial charge < -0.3 is 60.3 Å². The zero-order valence-electron chi connectivity index (χ0n) is 56.4. The molecule has 2 heterocycles. The minimum Gasteiger partial charge on any atom is -0.375 e. The summed E-state index contributed by atoms with van der Waals surface area (Å²) in [4.78, 5) is 170. The Balaban J connectivity index is 3.01. The van der Waals surface area contributed by atoms with Crippen LogP contribution in [0.1, 0.15) is 156 Å². The molecule has 2 aliphatic heterocycles. The number of halogens is 1. The fourth-order valence-corrected chi connectivity index (χ4v) is 11.6. The SMILES string of the molecule is CC[C@H]1NC(=O)[C@@H]([C@@H]2OCC[C@H]2C)N(C)C(=O)[C@@H](C(C)C)N(C)C(=O)[C@@H](CC(C)C)N(C)C(=O)[C@H](CC(C)C)N(C)C(=O)[C@H](C)NC(=O)[C@@H](C)NC(=O)[C@@H](CC(C)C)N(C)C(=O)[C@@H](C(C)C)NC(=O)[C@H](CC(C)C)N(C)C(=O)[C@@H](C(C)F)N(C)C1=O. The largest absolute Gasteiger partial charge is 0.375 e. The highest BCUT2D eigenvalue weighted by Crippen LogP contribution is 2.29. The Hall–Kier alpha value is -5.94. The van der Waals surface area contributed by atoms with Crippen molar-refractivity contribution in [2.75, 3.05) is 55.9 Å². The average Bonchev–Trinajstić information content (AvgIpc) is 2.74. The van der Waals surface area contributed by atoms with Crippen LogP contribution in [-0.2, 0) is 57.5 Å². The van der Waals surface area contributed by atoms with E-state index in [0.717, 1.165) is 16.7 Å². The molecule has 4 N–H and O–H groups in total. The molecule has 0 aromatic carbocycles. The van der Waals surface area contributed by atoms with Crippen molar-refractivity contribution >= 4 is 65.0 Å². The van der Waals surface area contributed by atoms with Gasteiger partial charge in [0.05, 0.1) is 6.10 Å². The second kappa shape index (κ2) is 33.4. The fraction of sp³-hybridized carbons (Fsp3) is 0.823. The maximum Gasteiger partial charge on any atom is 0.248 e. The zero-order valence-corrected chi connectivity index (χ0v) is 56.4. The number of alkyl halides is 1. The van der Waals surface area contributed by atoms with E-state index in [2.05, 4.69) is 21.3 Å². The van der Waals surface area contributed by atoms with Gasteiger partial charge in [-0.25, -0.2) is 4.39 Å². The van der Waals surface area contributed by atoms with Gasteiger partial charge in [-0.15, -0.1) is 0 Å². The van der Waals surface area contributed by atoms with Crippen molar-refractivity contribution in [2.24, 2.45) is 41.4 Å². The van der Waals surface area contributed by atoms with Crippen molar-refractivity contribution in [3.05, 3.63) is 0 Å². The number of hydrogen-bond acceptors (Lipinski definition) is 12. The van der Waals surface area contributed by atoms with E-state index in [1.807, 2.05) is 62.3 Å². The van der Waals surface area contributed by atoms with Crippen LogP contribution in [0.3, 0.4) is 0 Å². The molecule has 23 nitrogen and oxygen atoms in total. The predicted octanol–water partition coefficient (Wildman–Crippen LogP) is 3.46. The summed E-state index contributed by atoms with van der Waals surface area (Å²) in [5.74, 6) is -9.97. The second-order valence-corrected chi connectivity index (χ2v) is 26.7. The second-order valence-electron chi connectivity index (χ2n) is 26.7. The summed E-state index contributed by atoms with van der Waals surface area (Å²) < 4.78 is 22.3. The van der Waals surface area contributed by atoms with Gasteiger partial charge in [0.1, 0.15) is 72.6 Å². The van der Waals surface area contributed by atoms with Gasteiger partial charge in [-0.05, 0) is 101 Å². The molecule has 86 heavy (non-hydrogen) atoms. The van der Waals surface area contributed by atoms with E-state index >= 15 is 14.0 Å². The summed E-state index contributed by atoms with van der Waals surface area (Å²) in [7, 11) is 9.74. The van der Waals surface area contributed by atoms with E-state index in [4.69, 9.17) is 4.74 Å². The van der Waals surface area contributed by atoms with Crippen molar-refractivity contribution in [1.82, 2.24) is 55.6 Å². The third-order valence-electron chi connectivity index (χ3n) is 16.8. The van der Waals surface area contributed by atoms with E-state index in [1.165, 1.54) is 87.7 Å². The van der Waals surface area contributed by atoms with Gasteiger partial charge in [0.15, 0.2) is 0 Å². The lowest BCUT2D eigenvalue weighted by molar-refractivity contribution is -0.157. The number of likely N-dealkylation sites (N-methyl/N-ethyl adjacent to an activating group) is 7. The summed E-state index contributed by atoms with van der Waals surface area (Å²) in [5, 5.41) is 11.0. The van der Waals surface area contributed by atoms with Crippen LogP contribution in [0.4, 0.5) is 4.39 Å². The van der Waals surface area contributed by atoms with Gasteiger partial charge in [0.25, 0.3) is 0 Å². The molecule has 0 saturated carbocycles. The first kappa shape index (κ1) is 76.2. The number of hydrogen-bond donors (Lipinski definition) is 4. The van der Waals surface area contributed by atoms with Gasteiger partial charge in [-0.2, -0.15) is 0 Å². The standard InChI is InChI=1S/C62H110FN11O12/c1-25-42-57(80)73(23)49(39(15)63)62(85)69(19)44(29-33(4)5)54(77)67-47(36(10)11)60(83)68(18)43(28-32(2)3)53(76)64-40(16)52(75)65-41(17)56(79)70(20)45(30-34(6)7)58(81)71(21)46(31-35(8)9)59(82)72(22)48(37(12)13)61(84)74(24)50(55(78)66-42)51-38(14)26-27-86-51/h32-51H,25-31H2,1-24H3,(H,64,76)(H,65,75)(H,66,78)(H,67,77)/t38-,39?,40-,41+,42-,43-,44+,45+,46-,47-,48-,49-,50-,51-/m1/s1. The number of amides is 11. The number of nitrogens with one attached hydrogen (secondary N) is 4. The Kier molecular flexibility index (Phi) is 29.6. The first-order valence-corrected chi connectivity index (χ1v) is 31.0. The molecule has 0 spiro atoms. The predicted molar refractivity (Wildman–Crippen MR) is 327 cm³/mol. The molecule has 2 aliphatic rings.